The third kappa shape index (κ3) is 4.55. The fraction of sp³-hybridized carbons (Fsp3) is 0.421. The van der Waals surface area contributed by atoms with Crippen LogP contribution in [0.4, 0.5) is 18.9 Å². The third-order valence-electron chi connectivity index (χ3n) is 5.14. The Hall–Kier alpha value is -2.57. The molecule has 2 aliphatic rings. The van der Waals surface area contributed by atoms with Gasteiger partial charge in [-0.1, -0.05) is 0 Å². The number of fused-ring (bicyclic) bond motifs is 1. The van der Waals surface area contributed by atoms with E-state index in [1.165, 1.54) is 33.6 Å². The maximum atomic E-state index is 13.0. The number of ether oxygens (including phenoxy) is 2. The summed E-state index contributed by atoms with van der Waals surface area (Å²) in [6.07, 6.45) is -2.49. The molecule has 0 unspecified atom stereocenters. The van der Waals surface area contributed by atoms with Crippen molar-refractivity contribution in [2.75, 3.05) is 37.7 Å². The van der Waals surface area contributed by atoms with Gasteiger partial charge in [0.05, 0.1) is 13.2 Å². The van der Waals surface area contributed by atoms with Crippen molar-refractivity contribution in [3.8, 4) is 5.75 Å². The quantitative estimate of drug-likeness (QED) is 0.759. The summed E-state index contributed by atoms with van der Waals surface area (Å²) in [4.78, 5) is 17.2. The van der Waals surface area contributed by atoms with Crippen molar-refractivity contribution in [3.05, 3.63) is 41.7 Å². The second-order valence-corrected chi connectivity index (χ2v) is 9.10. The molecule has 0 aliphatic carbocycles. The summed E-state index contributed by atoms with van der Waals surface area (Å²) < 4.78 is 73.4. The maximum absolute atomic E-state index is 13.0. The maximum Gasteiger partial charge on any atom is 0.573 e. The third-order valence-corrected chi connectivity index (χ3v) is 7.02. The number of alkyl halides is 3. The van der Waals surface area contributed by atoms with Crippen LogP contribution in [0.5, 0.6) is 5.75 Å². The average Bonchev–Trinajstić information content (AvgIpc) is 3.23. The van der Waals surface area contributed by atoms with Crippen LogP contribution in [-0.4, -0.2) is 62.8 Å². The van der Waals surface area contributed by atoms with Gasteiger partial charge in [-0.3, -0.25) is 4.79 Å². The number of anilines is 1. The number of H-pyrrole nitrogens is 1. The van der Waals surface area contributed by atoms with E-state index >= 15 is 0 Å². The van der Waals surface area contributed by atoms with Crippen LogP contribution in [-0.2, 0) is 21.2 Å². The lowest BCUT2D eigenvalue weighted by Gasteiger charge is -2.29. The fourth-order valence-corrected chi connectivity index (χ4v) is 5.11. The fourth-order valence-electron chi connectivity index (χ4n) is 3.71. The number of nitrogens with zero attached hydrogens (tertiary/aromatic N) is 2. The minimum Gasteiger partial charge on any atom is -0.406 e. The molecule has 0 radical (unpaired) electrons. The molecule has 1 amide bonds. The number of carbonyl (C=O) groups excluding carboxylic acids is 1. The first kappa shape index (κ1) is 21.7. The molecule has 3 heterocycles. The highest BCUT2D eigenvalue weighted by Gasteiger charge is 2.33. The predicted octanol–water partition coefficient (Wildman–Crippen LogP) is 2.53. The van der Waals surface area contributed by atoms with Gasteiger partial charge in [0.25, 0.3) is 5.91 Å². The van der Waals surface area contributed by atoms with E-state index in [0.717, 1.165) is 6.07 Å². The number of carbonyl (C=O) groups is 1. The molecule has 1 saturated heterocycles. The summed E-state index contributed by atoms with van der Waals surface area (Å²) in [7, 11) is -3.76. The highest BCUT2D eigenvalue weighted by Crippen LogP contribution is 2.33. The summed E-state index contributed by atoms with van der Waals surface area (Å²) in [5.41, 5.74) is 1.10. The van der Waals surface area contributed by atoms with Crippen molar-refractivity contribution in [1.82, 2.24) is 9.29 Å². The van der Waals surface area contributed by atoms with Gasteiger partial charge in [0.2, 0.25) is 10.0 Å². The second-order valence-electron chi connectivity index (χ2n) is 7.16. The molecule has 1 N–H and O–H groups in total. The van der Waals surface area contributed by atoms with Crippen LogP contribution in [0.1, 0.15) is 22.5 Å². The van der Waals surface area contributed by atoms with Gasteiger partial charge in [0, 0.05) is 31.5 Å². The number of halogens is 3. The number of rotatable bonds is 4. The van der Waals surface area contributed by atoms with Gasteiger partial charge in [-0.05, 0) is 42.7 Å². The molecule has 0 saturated carbocycles. The van der Waals surface area contributed by atoms with Crippen molar-refractivity contribution in [2.45, 2.75) is 24.1 Å². The number of benzene rings is 1. The summed E-state index contributed by atoms with van der Waals surface area (Å²) in [5.74, 6) is -0.812. The zero-order valence-corrected chi connectivity index (χ0v) is 17.1. The minimum atomic E-state index is -4.80. The van der Waals surface area contributed by atoms with Crippen molar-refractivity contribution in [1.29, 1.82) is 0 Å². The van der Waals surface area contributed by atoms with Crippen molar-refractivity contribution < 1.29 is 35.9 Å². The molecule has 0 spiro atoms. The van der Waals surface area contributed by atoms with Gasteiger partial charge in [0.1, 0.15) is 16.3 Å². The number of morpholine rings is 1. The average molecular weight is 459 g/mol. The summed E-state index contributed by atoms with van der Waals surface area (Å²) in [6.45, 7) is 1.44. The second kappa shape index (κ2) is 8.17. The Morgan fingerprint density at radius 1 is 1.13 bits per heavy atom. The monoisotopic (exact) mass is 459 g/mol. The number of aryl methyl sites for hydroxylation is 1. The van der Waals surface area contributed by atoms with E-state index in [1.807, 2.05) is 0 Å². The lowest BCUT2D eigenvalue weighted by molar-refractivity contribution is -0.274. The molecule has 1 aromatic carbocycles. The Kier molecular flexibility index (Phi) is 5.71. The van der Waals surface area contributed by atoms with Crippen LogP contribution in [0.2, 0.25) is 0 Å². The Bertz CT molecular complexity index is 1080. The van der Waals surface area contributed by atoms with Crippen LogP contribution >= 0.6 is 0 Å². The highest BCUT2D eigenvalue weighted by atomic mass is 32.2. The van der Waals surface area contributed by atoms with E-state index in [-0.39, 0.29) is 29.4 Å². The Morgan fingerprint density at radius 3 is 2.58 bits per heavy atom. The SMILES string of the molecule is O=C(c1cc(S(=O)(=O)N2CCOCC2)c[nH]1)N1CCCc2cc(OC(F)(F)F)ccc21. The van der Waals surface area contributed by atoms with Crippen molar-refractivity contribution >= 4 is 21.6 Å². The predicted molar refractivity (Wildman–Crippen MR) is 103 cm³/mol. The number of hydrogen-bond acceptors (Lipinski definition) is 5. The largest absolute Gasteiger partial charge is 0.573 e. The van der Waals surface area contributed by atoms with E-state index in [4.69, 9.17) is 4.74 Å². The zero-order valence-electron chi connectivity index (χ0n) is 16.3. The molecule has 12 heteroatoms. The molecule has 8 nitrogen and oxygen atoms in total. The standard InChI is InChI=1S/C19H20F3N3O5S/c20-19(21,22)30-14-3-4-17-13(10-14)2-1-5-25(17)18(26)16-11-15(12-23-16)31(27,28)24-6-8-29-9-7-24/h3-4,10-12,23H,1-2,5-9H2. The molecular weight excluding hydrogens is 439 g/mol. The lowest BCUT2D eigenvalue weighted by atomic mass is 10.0. The number of hydrogen-bond donors (Lipinski definition) is 1. The number of sulfonamides is 1. The molecule has 168 valence electrons. The number of aromatic amines is 1. The van der Waals surface area contributed by atoms with Crippen LogP contribution < -0.4 is 9.64 Å². The molecule has 1 aromatic heterocycles. The van der Waals surface area contributed by atoms with Gasteiger partial charge in [-0.25, -0.2) is 8.42 Å². The van der Waals surface area contributed by atoms with Crippen molar-refractivity contribution in [3.63, 3.8) is 0 Å². The number of aromatic nitrogens is 1. The van der Waals surface area contributed by atoms with Gasteiger partial charge in [-0.2, -0.15) is 4.31 Å². The van der Waals surface area contributed by atoms with E-state index in [0.29, 0.717) is 43.9 Å². The van der Waals surface area contributed by atoms with Gasteiger partial charge < -0.3 is 19.4 Å². The molecule has 31 heavy (non-hydrogen) atoms. The molecule has 0 bridgehead atoms. The van der Waals surface area contributed by atoms with Crippen LogP contribution in [0, 0.1) is 0 Å². The van der Waals surface area contributed by atoms with E-state index in [2.05, 4.69) is 9.72 Å². The minimum absolute atomic E-state index is 0.0242. The normalized spacial score (nSPS) is 18.0. The van der Waals surface area contributed by atoms with Crippen LogP contribution in [0.25, 0.3) is 0 Å². The molecule has 0 atom stereocenters. The summed E-state index contributed by atoms with van der Waals surface area (Å²) in [5, 5.41) is 0. The topological polar surface area (TPSA) is 91.9 Å². The first-order valence-electron chi connectivity index (χ1n) is 9.62. The molecule has 4 rings (SSSR count). The molecular formula is C19H20F3N3O5S. The first-order valence-corrected chi connectivity index (χ1v) is 11.1. The Morgan fingerprint density at radius 2 is 1.87 bits per heavy atom. The smallest absolute Gasteiger partial charge is 0.406 e. The Balaban J connectivity index is 1.56. The first-order chi connectivity index (χ1) is 14.6. The lowest BCUT2D eigenvalue weighted by Crippen LogP contribution is -2.40. The van der Waals surface area contributed by atoms with E-state index < -0.39 is 22.3 Å². The molecule has 2 aliphatic heterocycles. The van der Waals surface area contributed by atoms with E-state index in [1.54, 1.807) is 0 Å². The number of nitrogens with one attached hydrogen (secondary N) is 1. The zero-order chi connectivity index (χ0) is 22.2. The molecule has 2 aromatic rings. The molecule has 1 fully saturated rings. The van der Waals surface area contributed by atoms with Crippen LogP contribution in [0.15, 0.2) is 35.4 Å². The van der Waals surface area contributed by atoms with Gasteiger partial charge in [0.15, 0.2) is 0 Å². The summed E-state index contributed by atoms with van der Waals surface area (Å²) in [6, 6.07) is 5.11. The van der Waals surface area contributed by atoms with Gasteiger partial charge in [-0.15, -0.1) is 13.2 Å². The highest BCUT2D eigenvalue weighted by molar-refractivity contribution is 7.89. The van der Waals surface area contributed by atoms with Crippen molar-refractivity contribution in [2.24, 2.45) is 0 Å². The van der Waals surface area contributed by atoms with Crippen LogP contribution in [0.3, 0.4) is 0 Å². The summed E-state index contributed by atoms with van der Waals surface area (Å²) >= 11 is 0. The Labute approximate surface area is 176 Å². The van der Waals surface area contributed by atoms with E-state index in [9.17, 15) is 26.4 Å². The number of amides is 1. The van der Waals surface area contributed by atoms with Gasteiger partial charge >= 0.3 is 6.36 Å².